The van der Waals surface area contributed by atoms with Crippen molar-refractivity contribution in [3.8, 4) is 0 Å². The van der Waals surface area contributed by atoms with E-state index in [1.807, 2.05) is 0 Å². The van der Waals surface area contributed by atoms with Crippen molar-refractivity contribution in [2.24, 2.45) is 5.16 Å². The van der Waals surface area contributed by atoms with Gasteiger partial charge in [-0.3, -0.25) is 24.5 Å². The SMILES string of the molecule is CC(=O)OCC1C(NC(=O)C(=NOC(C)(C)C(=O)OCc2ccc([N+](=O)[O-])cc2)c2csc(N)n2)C(=O)N1S(=O)(=O)[O-].[Na+]. The van der Waals surface area contributed by atoms with Crippen molar-refractivity contribution in [2.75, 3.05) is 12.3 Å². The van der Waals surface area contributed by atoms with Gasteiger partial charge in [-0.25, -0.2) is 22.5 Å². The van der Waals surface area contributed by atoms with Crippen LogP contribution in [0.4, 0.5) is 10.8 Å². The molecule has 226 valence electrons. The summed E-state index contributed by atoms with van der Waals surface area (Å²) >= 11 is 0.916. The van der Waals surface area contributed by atoms with Crippen molar-refractivity contribution in [3.05, 3.63) is 51.0 Å². The van der Waals surface area contributed by atoms with Crippen LogP contribution < -0.4 is 40.6 Å². The third kappa shape index (κ3) is 8.91. The number of hydrogen-bond donors (Lipinski definition) is 2. The molecule has 18 nitrogen and oxygen atoms in total. The number of aromatic nitrogens is 1. The normalized spacial score (nSPS) is 16.8. The third-order valence-electron chi connectivity index (χ3n) is 5.51. The first-order valence-electron chi connectivity index (χ1n) is 11.6. The number of nitrogens with two attached hydrogens (primary N) is 1. The van der Waals surface area contributed by atoms with Crippen molar-refractivity contribution in [1.29, 1.82) is 0 Å². The number of nitrogen functional groups attached to an aromatic ring is 1. The van der Waals surface area contributed by atoms with Crippen LogP contribution in [-0.2, 0) is 50.4 Å². The Balaban J connectivity index is 0.00000645. The number of carbonyl (C=O) groups excluding carboxylic acids is 4. The maximum absolute atomic E-state index is 13.1. The molecule has 1 aromatic carbocycles. The van der Waals surface area contributed by atoms with Gasteiger partial charge in [-0.1, -0.05) is 5.16 Å². The van der Waals surface area contributed by atoms with E-state index in [1.165, 1.54) is 43.5 Å². The zero-order valence-corrected chi connectivity index (χ0v) is 26.7. The second kappa shape index (κ2) is 14.2. The summed E-state index contributed by atoms with van der Waals surface area (Å²) < 4.78 is 44.3. The van der Waals surface area contributed by atoms with Crippen LogP contribution in [0.2, 0.25) is 0 Å². The zero-order valence-electron chi connectivity index (χ0n) is 23.0. The van der Waals surface area contributed by atoms with E-state index in [0.29, 0.717) is 5.56 Å². The quantitative estimate of drug-likeness (QED) is 0.0431. The van der Waals surface area contributed by atoms with E-state index in [1.54, 1.807) is 0 Å². The number of nitro benzene ring substituents is 1. The number of amides is 2. The number of anilines is 1. The Morgan fingerprint density at radius 2 is 1.86 bits per heavy atom. The van der Waals surface area contributed by atoms with Crippen molar-refractivity contribution in [3.63, 3.8) is 0 Å². The molecule has 3 rings (SSSR count). The number of hydrogen-bond acceptors (Lipinski definition) is 16. The summed E-state index contributed by atoms with van der Waals surface area (Å²) in [5.41, 5.74) is 3.41. The van der Waals surface area contributed by atoms with Crippen LogP contribution in [0.1, 0.15) is 32.0 Å². The molecule has 2 aromatic rings. The molecule has 1 aromatic heterocycles. The average molecular weight is 651 g/mol. The molecule has 1 saturated heterocycles. The van der Waals surface area contributed by atoms with Gasteiger partial charge >= 0.3 is 41.5 Å². The minimum atomic E-state index is -5.29. The van der Waals surface area contributed by atoms with Crippen LogP contribution in [0, 0.1) is 10.1 Å². The number of benzene rings is 1. The van der Waals surface area contributed by atoms with Gasteiger partial charge in [0, 0.05) is 24.4 Å². The number of carbonyl (C=O) groups is 4. The van der Waals surface area contributed by atoms with Crippen molar-refractivity contribution >= 4 is 61.9 Å². The molecule has 0 saturated carbocycles. The average Bonchev–Trinajstić information content (AvgIpc) is 3.32. The maximum Gasteiger partial charge on any atom is 1.00 e. The number of non-ortho nitro benzene ring substituents is 1. The number of oxime groups is 1. The van der Waals surface area contributed by atoms with Crippen LogP contribution in [-0.4, -0.2) is 80.9 Å². The molecule has 2 atom stereocenters. The molecular formula is C22H23N6NaO12S2. The fraction of sp³-hybridized carbons (Fsp3) is 0.364. The molecule has 2 amide bonds. The summed E-state index contributed by atoms with van der Waals surface area (Å²) in [5, 5.41) is 18.0. The fourth-order valence-corrected chi connectivity index (χ4v) is 4.76. The van der Waals surface area contributed by atoms with E-state index in [2.05, 4.69) is 15.5 Å². The van der Waals surface area contributed by atoms with E-state index in [9.17, 15) is 42.3 Å². The number of β-lactam (4-membered cyclic amide) rings is 1. The Morgan fingerprint density at radius 3 is 2.37 bits per heavy atom. The van der Waals surface area contributed by atoms with E-state index < -0.39 is 69.0 Å². The second-order valence-corrected chi connectivity index (χ2v) is 11.2. The van der Waals surface area contributed by atoms with E-state index in [4.69, 9.17) is 20.0 Å². The largest absolute Gasteiger partial charge is 1.00 e. The predicted octanol–water partition coefficient (Wildman–Crippen LogP) is -3.40. The van der Waals surface area contributed by atoms with Gasteiger partial charge in [-0.2, -0.15) is 0 Å². The summed E-state index contributed by atoms with van der Waals surface area (Å²) in [6, 6.07) is 2.09. The van der Waals surface area contributed by atoms with Gasteiger partial charge in [0.05, 0.1) is 4.92 Å². The smallest absolute Gasteiger partial charge is 0.731 e. The van der Waals surface area contributed by atoms with E-state index >= 15 is 0 Å². The van der Waals surface area contributed by atoms with Gasteiger partial charge in [0.25, 0.3) is 17.5 Å². The minimum Gasteiger partial charge on any atom is -0.731 e. The van der Waals surface area contributed by atoms with Gasteiger partial charge in [0.15, 0.2) is 21.1 Å². The van der Waals surface area contributed by atoms with Gasteiger partial charge in [0.2, 0.25) is 5.60 Å². The molecular weight excluding hydrogens is 627 g/mol. The van der Waals surface area contributed by atoms with Gasteiger partial charge < -0.3 is 29.9 Å². The van der Waals surface area contributed by atoms with Crippen LogP contribution in [0.15, 0.2) is 34.8 Å². The van der Waals surface area contributed by atoms with Gasteiger partial charge in [-0.15, -0.1) is 11.3 Å². The Kier molecular flexibility index (Phi) is 11.7. The first kappa shape index (κ1) is 35.5. The topological polar surface area (TPSA) is 263 Å². The Morgan fingerprint density at radius 1 is 1.23 bits per heavy atom. The number of nitro groups is 1. The molecule has 0 bridgehead atoms. The molecule has 2 unspecified atom stereocenters. The van der Waals surface area contributed by atoms with Crippen molar-refractivity contribution < 1.29 is 80.9 Å². The molecule has 1 aliphatic heterocycles. The zero-order chi connectivity index (χ0) is 31.4. The molecule has 3 N–H and O–H groups in total. The first-order valence-corrected chi connectivity index (χ1v) is 13.9. The molecule has 43 heavy (non-hydrogen) atoms. The summed E-state index contributed by atoms with van der Waals surface area (Å²) in [6.07, 6.45) is 0. The van der Waals surface area contributed by atoms with Gasteiger partial charge in [-0.05, 0) is 31.5 Å². The third-order valence-corrected chi connectivity index (χ3v) is 7.11. The number of esters is 2. The number of rotatable bonds is 12. The van der Waals surface area contributed by atoms with E-state index in [0.717, 1.165) is 18.3 Å². The van der Waals surface area contributed by atoms with Crippen molar-refractivity contribution in [1.82, 2.24) is 14.6 Å². The number of nitrogens with one attached hydrogen (secondary N) is 1. The summed E-state index contributed by atoms with van der Waals surface area (Å²) in [4.78, 5) is 68.8. The Labute approximate surface area is 269 Å². The van der Waals surface area contributed by atoms with Crippen LogP contribution in [0.25, 0.3) is 0 Å². The van der Waals surface area contributed by atoms with Gasteiger partial charge in [0.1, 0.15) is 31.0 Å². The minimum absolute atomic E-state index is 0. The molecule has 0 spiro atoms. The van der Waals surface area contributed by atoms with Crippen LogP contribution >= 0.6 is 11.3 Å². The Hall–Kier alpha value is -3.69. The fourth-order valence-electron chi connectivity index (χ4n) is 3.36. The maximum atomic E-state index is 13.1. The molecule has 0 radical (unpaired) electrons. The summed E-state index contributed by atoms with van der Waals surface area (Å²) in [6.45, 7) is 2.56. The summed E-state index contributed by atoms with van der Waals surface area (Å²) in [7, 11) is -5.29. The van der Waals surface area contributed by atoms with Crippen LogP contribution in [0.3, 0.4) is 0 Å². The molecule has 2 heterocycles. The molecule has 1 aliphatic rings. The Bertz CT molecular complexity index is 1540. The number of nitrogens with zero attached hydrogens (tertiary/aromatic N) is 4. The van der Waals surface area contributed by atoms with Crippen molar-refractivity contribution in [2.45, 2.75) is 45.1 Å². The number of thiazole rings is 1. The molecule has 0 aliphatic carbocycles. The molecule has 21 heteroatoms. The second-order valence-electron chi connectivity index (χ2n) is 9.02. The summed E-state index contributed by atoms with van der Waals surface area (Å²) in [5.74, 6) is -4.19. The first-order chi connectivity index (χ1) is 19.5. The monoisotopic (exact) mass is 650 g/mol. The molecule has 1 fully saturated rings. The number of ether oxygens (including phenoxy) is 2. The van der Waals surface area contributed by atoms with Crippen LogP contribution in [0.5, 0.6) is 0 Å². The standard InChI is InChI=1S/C22H24N6O12S2.Na/c1-11(29)38-9-15-17(19(31)27(15)42(35,36)37)25-18(30)16(14-10-41-21(23)24-14)26-40-22(2,3)20(32)39-8-12-4-6-13(7-5-12)28(33)34;/h4-7,10,15,17H,8-9H2,1-3H3,(H2,23,24)(H,25,30)(H,35,36,37);/q;+1/p-1. The predicted molar refractivity (Wildman–Crippen MR) is 140 cm³/mol. The van der Waals surface area contributed by atoms with E-state index in [-0.39, 0.29) is 57.0 Å².